The highest BCUT2D eigenvalue weighted by Crippen LogP contribution is 2.33. The van der Waals surface area contributed by atoms with Crippen molar-refractivity contribution < 1.29 is 14.4 Å². The molecule has 3 aromatic rings. The maximum Gasteiger partial charge on any atom is 0.331 e. The summed E-state index contributed by atoms with van der Waals surface area (Å²) in [7, 11) is -0.381. The minimum atomic E-state index is -1.71. The summed E-state index contributed by atoms with van der Waals surface area (Å²) in [6.07, 6.45) is 5.15. The highest BCUT2D eigenvalue weighted by atomic mass is 31.1. The van der Waals surface area contributed by atoms with Crippen LogP contribution in [-0.2, 0) is 9.53 Å². The smallest absolute Gasteiger partial charge is 0.331 e. The van der Waals surface area contributed by atoms with Crippen molar-refractivity contribution in [3.63, 3.8) is 0 Å². The predicted octanol–water partition coefficient (Wildman–Crippen LogP) is 4.25. The summed E-state index contributed by atoms with van der Waals surface area (Å²) in [6.45, 7) is 0. The van der Waals surface area contributed by atoms with E-state index in [1.54, 1.807) is 17.0 Å². The molecular formula is C23H22NO3P. The van der Waals surface area contributed by atoms with Crippen molar-refractivity contribution in [2.45, 2.75) is 5.92 Å². The lowest BCUT2D eigenvalue weighted by Crippen LogP contribution is -2.09. The Morgan fingerprint density at radius 2 is 1.57 bits per heavy atom. The van der Waals surface area contributed by atoms with Gasteiger partial charge in [-0.3, -0.25) is 4.57 Å². The lowest BCUT2D eigenvalue weighted by molar-refractivity contribution is -0.154. The summed E-state index contributed by atoms with van der Waals surface area (Å²) in [4.78, 5) is 24.7. The molecule has 0 aliphatic heterocycles. The summed E-state index contributed by atoms with van der Waals surface area (Å²) < 4.78 is 6.35. The van der Waals surface area contributed by atoms with E-state index in [1.807, 2.05) is 54.6 Å². The van der Waals surface area contributed by atoms with E-state index in [1.165, 1.54) is 13.2 Å². The number of aromatic nitrogens is 1. The summed E-state index contributed by atoms with van der Waals surface area (Å²) in [5, 5.41) is 0.662. The Bertz CT molecular complexity index is 971. The first kappa shape index (κ1) is 19.8. The van der Waals surface area contributed by atoms with E-state index < -0.39 is 13.7 Å². The van der Waals surface area contributed by atoms with Gasteiger partial charge >= 0.3 is 5.97 Å². The molecule has 1 unspecified atom stereocenters. The van der Waals surface area contributed by atoms with E-state index >= 15 is 0 Å². The Balaban J connectivity index is 2.02. The van der Waals surface area contributed by atoms with Crippen LogP contribution in [0.25, 0.3) is 6.20 Å². The Labute approximate surface area is 165 Å². The quantitative estimate of drug-likeness (QED) is 0.359. The zero-order valence-electron chi connectivity index (χ0n) is 15.6. The number of ether oxygens (including phenoxy) is 1. The molecule has 2 aromatic carbocycles. The van der Waals surface area contributed by atoms with Crippen LogP contribution in [0.1, 0.15) is 17.0 Å². The van der Waals surface area contributed by atoms with Gasteiger partial charge in [-0.15, -0.1) is 0 Å². The van der Waals surface area contributed by atoms with Crippen molar-refractivity contribution in [3.8, 4) is 0 Å². The normalized spacial score (nSPS) is 12.2. The molecule has 0 saturated heterocycles. The van der Waals surface area contributed by atoms with Gasteiger partial charge < -0.3 is 9.63 Å². The molecule has 0 saturated carbocycles. The lowest BCUT2D eigenvalue weighted by atomic mass is 9.93. The first-order chi connectivity index (χ1) is 13.7. The zero-order valence-corrected chi connectivity index (χ0v) is 16.5. The second-order valence-corrected chi connectivity index (χ2v) is 7.82. The van der Waals surface area contributed by atoms with E-state index in [0.717, 1.165) is 11.1 Å². The predicted molar refractivity (Wildman–Crippen MR) is 112 cm³/mol. The van der Waals surface area contributed by atoms with Crippen molar-refractivity contribution in [2.75, 3.05) is 13.3 Å². The van der Waals surface area contributed by atoms with Crippen LogP contribution in [0.2, 0.25) is 0 Å². The van der Waals surface area contributed by atoms with Gasteiger partial charge in [0.05, 0.1) is 14.9 Å². The fraction of sp³-hybridized carbons (Fsp3) is 0.130. The van der Waals surface area contributed by atoms with Crippen LogP contribution in [0.5, 0.6) is 0 Å². The highest BCUT2D eigenvalue weighted by Gasteiger charge is 2.19. The van der Waals surface area contributed by atoms with Crippen LogP contribution >= 0.6 is 7.77 Å². The van der Waals surface area contributed by atoms with Crippen LogP contribution in [-0.4, -0.2) is 23.8 Å². The van der Waals surface area contributed by atoms with Gasteiger partial charge in [0.1, 0.15) is 6.16 Å². The topological polar surface area (TPSA) is 54.3 Å². The van der Waals surface area contributed by atoms with Crippen LogP contribution in [0, 0.1) is 5.07 Å². The van der Waals surface area contributed by atoms with E-state index in [4.69, 9.17) is 0 Å². The number of pyridine rings is 1. The van der Waals surface area contributed by atoms with Gasteiger partial charge in [-0.1, -0.05) is 66.7 Å². The summed E-state index contributed by atoms with van der Waals surface area (Å²) in [6, 6.07) is 25.7. The number of esters is 1. The first-order valence-electron chi connectivity index (χ1n) is 9.00. The molecule has 0 aliphatic rings. The molecule has 1 aromatic heterocycles. The zero-order chi connectivity index (χ0) is 19.8. The Hall–Kier alpha value is -2.94. The van der Waals surface area contributed by atoms with Crippen LogP contribution in [0.4, 0.5) is 0 Å². The van der Waals surface area contributed by atoms with Gasteiger partial charge in [0.25, 0.3) is 0 Å². The molecule has 0 bridgehead atoms. The molecule has 0 spiro atoms. The van der Waals surface area contributed by atoms with E-state index in [0.29, 0.717) is 11.2 Å². The van der Waals surface area contributed by atoms with Crippen molar-refractivity contribution in [1.82, 2.24) is 4.57 Å². The Kier molecular flexibility index (Phi) is 6.96. The Morgan fingerprint density at radius 1 is 1.00 bits per heavy atom. The SMILES string of the molecule is COC(=O)/C=C/n1ccccc1=[P+]([O-])CC(c1ccccc1)c1ccccc1. The summed E-state index contributed by atoms with van der Waals surface area (Å²) in [5.74, 6) is -0.437. The molecule has 0 amide bonds. The minimum Gasteiger partial charge on any atom is -0.629 e. The number of rotatable bonds is 6. The van der Waals surface area contributed by atoms with Crippen molar-refractivity contribution in [2.24, 2.45) is 0 Å². The van der Waals surface area contributed by atoms with Gasteiger partial charge in [0, 0.05) is 30.5 Å². The first-order valence-corrected chi connectivity index (χ1v) is 10.4. The third kappa shape index (κ3) is 5.07. The van der Waals surface area contributed by atoms with Crippen molar-refractivity contribution in [3.05, 3.63) is 107 Å². The van der Waals surface area contributed by atoms with E-state index in [-0.39, 0.29) is 5.92 Å². The summed E-state index contributed by atoms with van der Waals surface area (Å²) >= 11 is 0. The largest absolute Gasteiger partial charge is 0.629 e. The fourth-order valence-electron chi connectivity index (χ4n) is 3.03. The second-order valence-electron chi connectivity index (χ2n) is 6.24. The lowest BCUT2D eigenvalue weighted by Gasteiger charge is -2.16. The molecule has 3 rings (SSSR count). The van der Waals surface area contributed by atoms with Crippen LogP contribution < -0.4 is 4.89 Å². The number of carbonyl (C=O) groups is 1. The van der Waals surface area contributed by atoms with Crippen molar-refractivity contribution >= 4 is 19.9 Å². The molecule has 142 valence electrons. The molecule has 0 radical (unpaired) electrons. The fourth-order valence-corrected chi connectivity index (χ4v) is 4.61. The number of hydrogen-bond acceptors (Lipinski definition) is 3. The van der Waals surface area contributed by atoms with Crippen molar-refractivity contribution in [1.29, 1.82) is 0 Å². The van der Waals surface area contributed by atoms with Gasteiger partial charge in [-0.25, -0.2) is 4.79 Å². The molecule has 1 atom stereocenters. The third-order valence-corrected chi connectivity index (χ3v) is 6.04. The molecule has 0 fully saturated rings. The molecule has 1 heterocycles. The van der Waals surface area contributed by atoms with Gasteiger partial charge in [0.15, 0.2) is 0 Å². The Morgan fingerprint density at radius 3 is 2.14 bits per heavy atom. The number of methoxy groups -OCH3 is 1. The maximum atomic E-state index is 13.3. The van der Waals surface area contributed by atoms with Crippen LogP contribution in [0.3, 0.4) is 0 Å². The molecule has 0 aliphatic carbocycles. The number of nitrogens with zero attached hydrogens (tertiary/aromatic N) is 1. The molecule has 5 heteroatoms. The average Bonchev–Trinajstić information content (AvgIpc) is 2.77. The molecule has 0 N–H and O–H groups in total. The van der Waals surface area contributed by atoms with Crippen LogP contribution in [0.15, 0.2) is 91.1 Å². The monoisotopic (exact) mass is 391 g/mol. The average molecular weight is 391 g/mol. The standard InChI is InChI=1S/C23H22NO3P/c1-27-23(25)15-17-24-16-9-8-14-22(24)28(26)18-21(19-10-4-2-5-11-19)20-12-6-3-7-13-20/h2-17,21H,18H2,1H3/b17-15+. The number of benzene rings is 2. The molecular weight excluding hydrogens is 369 g/mol. The minimum absolute atomic E-state index is 0.0178. The van der Waals surface area contributed by atoms with E-state index in [2.05, 4.69) is 29.0 Å². The number of hydrogen-bond donors (Lipinski definition) is 0. The van der Waals surface area contributed by atoms with Gasteiger partial charge in [-0.05, 0) is 17.2 Å². The van der Waals surface area contributed by atoms with E-state index in [9.17, 15) is 9.69 Å². The maximum absolute atomic E-state index is 13.3. The molecule has 4 nitrogen and oxygen atoms in total. The summed E-state index contributed by atoms with van der Waals surface area (Å²) in [5.41, 5.74) is 2.26. The number of carbonyl (C=O) groups excluding carboxylic acids is 1. The third-order valence-electron chi connectivity index (χ3n) is 4.45. The molecule has 28 heavy (non-hydrogen) atoms. The van der Waals surface area contributed by atoms with Gasteiger partial charge in [0.2, 0.25) is 5.07 Å². The second kappa shape index (κ2) is 9.84. The van der Waals surface area contributed by atoms with Gasteiger partial charge in [-0.2, -0.15) is 0 Å². The highest BCUT2D eigenvalue weighted by molar-refractivity contribution is 7.41.